The molecule has 0 saturated carbocycles. The van der Waals surface area contributed by atoms with Crippen LogP contribution in [0.3, 0.4) is 0 Å². The second-order valence-electron chi connectivity index (χ2n) is 33.7. The Kier molecular flexibility index (Phi) is 38.2. The van der Waals surface area contributed by atoms with Gasteiger partial charge in [0.1, 0.15) is 90.5 Å². The number of phenolic OH excluding ortho intramolecular Hbond substituents is 2. The van der Waals surface area contributed by atoms with E-state index in [1.807, 2.05) is 6.07 Å². The number of likely N-dealkylation sites (tertiary alicyclic amines) is 1. The molecule has 14 atom stereocenters. The molecular formula is C88H123N17O20. The van der Waals surface area contributed by atoms with Crippen molar-refractivity contribution in [3.63, 3.8) is 0 Å². The Hall–Kier alpha value is -12.5. The summed E-state index contributed by atoms with van der Waals surface area (Å²) in [5.41, 5.74) is 15.2. The lowest BCUT2D eigenvalue weighted by atomic mass is 9.98. The number of para-hydroxylation sites is 2. The maximum atomic E-state index is 15.1. The van der Waals surface area contributed by atoms with Gasteiger partial charge >= 0.3 is 11.9 Å². The van der Waals surface area contributed by atoms with Gasteiger partial charge in [-0.25, -0.2) is 0 Å². The number of aliphatic hydroxyl groups is 1. The van der Waals surface area contributed by atoms with Crippen LogP contribution < -0.4 is 75.3 Å². The van der Waals surface area contributed by atoms with Gasteiger partial charge in [0.25, 0.3) is 0 Å². The van der Waals surface area contributed by atoms with Crippen molar-refractivity contribution in [3.05, 3.63) is 132 Å². The third-order valence-electron chi connectivity index (χ3n) is 21.1. The molecule has 7 rings (SSSR count). The molecule has 0 unspecified atom stereocenters. The lowest BCUT2D eigenvalue weighted by Crippen LogP contribution is -2.62. The number of carboxylic acids is 2. The number of aliphatic carboxylic acids is 2. The molecule has 0 bridgehead atoms. The molecule has 4 aromatic carbocycles. The number of hydrogen-bond donors (Lipinski definition) is 21. The van der Waals surface area contributed by atoms with Crippen LogP contribution in [0.2, 0.25) is 0 Å². The van der Waals surface area contributed by atoms with Gasteiger partial charge in [0.05, 0.1) is 18.6 Å². The molecule has 0 radical (unpaired) electrons. The molecule has 1 fully saturated rings. The number of carbonyl (C=O) groups is 15. The average molecular weight is 1740 g/mol. The fourth-order valence-corrected chi connectivity index (χ4v) is 14.7. The van der Waals surface area contributed by atoms with Crippen molar-refractivity contribution < 1.29 is 97.5 Å². The second kappa shape index (κ2) is 47.9. The van der Waals surface area contributed by atoms with Crippen LogP contribution in [0.1, 0.15) is 156 Å². The Bertz CT molecular complexity index is 4720. The number of unbranched alkanes of at least 4 members (excludes halogenated alkanes) is 1. The molecule has 6 aromatic rings. The van der Waals surface area contributed by atoms with Gasteiger partial charge < -0.3 is 116 Å². The van der Waals surface area contributed by atoms with Gasteiger partial charge in [0, 0.05) is 66.4 Å². The van der Waals surface area contributed by atoms with Crippen molar-refractivity contribution in [2.75, 3.05) is 19.6 Å². The van der Waals surface area contributed by atoms with Gasteiger partial charge in [0.2, 0.25) is 76.8 Å². The molecule has 1 saturated heterocycles. The van der Waals surface area contributed by atoms with E-state index >= 15 is 4.79 Å². The first kappa shape index (κ1) is 99.6. The smallest absolute Gasteiger partial charge is 0.322 e. The summed E-state index contributed by atoms with van der Waals surface area (Å²) in [6.07, 6.45) is 0.345. The average Bonchev–Trinajstić information content (AvgIpc) is 1.71. The largest absolute Gasteiger partial charge is 0.508 e. The van der Waals surface area contributed by atoms with Crippen molar-refractivity contribution in [1.29, 1.82) is 0 Å². The van der Waals surface area contributed by atoms with Crippen LogP contribution in [0, 0.1) is 23.7 Å². The molecule has 37 nitrogen and oxygen atoms in total. The number of aromatic nitrogens is 2. The number of aromatic amines is 2. The fourth-order valence-electron chi connectivity index (χ4n) is 14.7. The fraction of sp³-hybridized carbons (Fsp3) is 0.511. The molecule has 1 aliphatic rings. The number of hydrogen-bond acceptors (Lipinski definition) is 20. The molecule has 13 amide bonds. The van der Waals surface area contributed by atoms with Crippen molar-refractivity contribution in [1.82, 2.24) is 78.7 Å². The number of fused-ring (bicyclic) bond motifs is 2. The van der Waals surface area contributed by atoms with E-state index in [2.05, 4.69) is 73.8 Å². The van der Waals surface area contributed by atoms with E-state index in [9.17, 15) is 92.7 Å². The predicted octanol–water partition coefficient (Wildman–Crippen LogP) is 1.37. The standard InChI is InChI=1S/C88H123N17O20/c1-46(2)34-63(77(114)93-45-74(111)112)96-79(116)65(36-48(5)6)98-83(120)69(40-54-43-91-60-20-13-11-18-58(54)60)100-80(117)64(35-47(3)4)97-78(115)62(22-15-16-32-89)94-87(124)75(51(10)106)104-85(122)66(37-49(7)8)102-86(123)72-23-17-33-105(72)88(125)71(42-73(109)110)103-82(119)68(39-53-26-30-57(108)31-27-53)99-84(121)70(41-55-44-92-61-21-14-12-19-59(55)61)101-81(118)67(95-76(113)50(9)90)38-52-24-28-56(107)29-25-52/h11-14,18-21,24-31,43-44,46-51,62-72,75,91-92,106-108H,15-17,22-23,32-42,45,89-90H2,1-10H3,(H,93,114)(H,94,124)(H,95,113)(H,96,116)(H,97,115)(H,98,120)(H,99,121)(H,100,117)(H,101,118)(H,102,123)(H,103,119)(H,104,122)(H,109,110)(H,111,112)/t50-,51+,62-,63-,64-,65-,66-,67-,68-,69-,70-,71-,72-,75-/m0/s1. The van der Waals surface area contributed by atoms with E-state index in [0.29, 0.717) is 50.5 Å². The molecule has 680 valence electrons. The highest BCUT2D eigenvalue weighted by Crippen LogP contribution is 2.26. The number of aromatic hydroxyl groups is 2. The van der Waals surface area contributed by atoms with E-state index in [-0.39, 0.29) is 125 Å². The zero-order chi connectivity index (χ0) is 92.1. The number of nitrogens with one attached hydrogen (secondary N) is 14. The monoisotopic (exact) mass is 1740 g/mol. The summed E-state index contributed by atoms with van der Waals surface area (Å²) in [4.78, 5) is 221. The molecule has 3 heterocycles. The molecular weight excluding hydrogens is 1620 g/mol. The first-order chi connectivity index (χ1) is 59.2. The zero-order valence-corrected chi connectivity index (χ0v) is 72.3. The number of nitrogens with zero attached hydrogens (tertiary/aromatic N) is 1. The van der Waals surface area contributed by atoms with E-state index in [0.717, 1.165) is 4.90 Å². The summed E-state index contributed by atoms with van der Waals surface area (Å²) in [7, 11) is 0. The van der Waals surface area contributed by atoms with E-state index in [4.69, 9.17) is 11.5 Å². The van der Waals surface area contributed by atoms with Crippen molar-refractivity contribution in [2.45, 2.75) is 244 Å². The first-order valence-electron chi connectivity index (χ1n) is 42.3. The van der Waals surface area contributed by atoms with Crippen LogP contribution >= 0.6 is 0 Å². The third kappa shape index (κ3) is 31.0. The Morgan fingerprint density at radius 2 is 0.792 bits per heavy atom. The van der Waals surface area contributed by atoms with E-state index < -0.39 is 186 Å². The van der Waals surface area contributed by atoms with Crippen molar-refractivity contribution >= 4 is 111 Å². The van der Waals surface area contributed by atoms with Crippen LogP contribution in [-0.4, -0.2) is 233 Å². The normalized spacial score (nSPS) is 15.8. The Morgan fingerprint density at radius 3 is 1.20 bits per heavy atom. The van der Waals surface area contributed by atoms with Gasteiger partial charge in [-0.1, -0.05) is 116 Å². The van der Waals surface area contributed by atoms with Gasteiger partial charge in [-0.3, -0.25) is 71.9 Å². The minimum absolute atomic E-state index is 0.0255. The summed E-state index contributed by atoms with van der Waals surface area (Å²) in [6, 6.07) is 6.54. The van der Waals surface area contributed by atoms with Crippen LogP contribution in [0.25, 0.3) is 21.8 Å². The third-order valence-corrected chi connectivity index (χ3v) is 21.1. The van der Waals surface area contributed by atoms with Crippen LogP contribution in [0.15, 0.2) is 109 Å². The maximum Gasteiger partial charge on any atom is 0.322 e. The Balaban J connectivity index is 1.09. The number of carboxylic acid groups (broad SMARTS) is 2. The summed E-state index contributed by atoms with van der Waals surface area (Å²) in [5.74, 6) is -15.8. The minimum atomic E-state index is -1.93. The van der Waals surface area contributed by atoms with E-state index in [1.54, 1.807) is 110 Å². The lowest BCUT2D eigenvalue weighted by Gasteiger charge is -2.31. The molecule has 1 aliphatic heterocycles. The summed E-state index contributed by atoms with van der Waals surface area (Å²) in [5, 5.41) is 84.3. The highest BCUT2D eigenvalue weighted by Gasteiger charge is 2.43. The second-order valence-corrected chi connectivity index (χ2v) is 33.7. The quantitative estimate of drug-likeness (QED) is 0.0240. The topological polar surface area (TPSA) is 588 Å². The van der Waals surface area contributed by atoms with Gasteiger partial charge in [0.15, 0.2) is 0 Å². The van der Waals surface area contributed by atoms with Gasteiger partial charge in [-0.15, -0.1) is 0 Å². The summed E-state index contributed by atoms with van der Waals surface area (Å²) < 4.78 is 0. The number of phenols is 2. The number of benzene rings is 4. The molecule has 2 aromatic heterocycles. The van der Waals surface area contributed by atoms with Gasteiger partial charge in [-0.2, -0.15) is 0 Å². The lowest BCUT2D eigenvalue weighted by molar-refractivity contribution is -0.146. The van der Waals surface area contributed by atoms with Crippen molar-refractivity contribution in [2.24, 2.45) is 35.1 Å². The summed E-state index contributed by atoms with van der Waals surface area (Å²) >= 11 is 0. The Morgan fingerprint density at radius 1 is 0.424 bits per heavy atom. The number of aliphatic hydroxyl groups excluding tert-OH is 1. The number of nitrogens with two attached hydrogens (primary N) is 2. The highest BCUT2D eigenvalue weighted by molar-refractivity contribution is 6.02. The van der Waals surface area contributed by atoms with E-state index in [1.165, 1.54) is 62.4 Å². The minimum Gasteiger partial charge on any atom is -0.508 e. The predicted molar refractivity (Wildman–Crippen MR) is 463 cm³/mol. The van der Waals surface area contributed by atoms with Crippen LogP contribution in [0.5, 0.6) is 11.5 Å². The maximum absolute atomic E-state index is 15.1. The zero-order valence-electron chi connectivity index (χ0n) is 72.3. The highest BCUT2D eigenvalue weighted by atomic mass is 16.4. The molecule has 0 spiro atoms. The SMILES string of the molecule is CC(C)C[C@H](NC(=O)[C@H](CC(C)C)NC(=O)[C@H](Cc1c[nH]c2ccccc12)NC(=O)[C@H](CC(C)C)NC(=O)[C@H](CCCCN)NC(=O)[C@@H](NC(=O)[C@H](CC(C)C)NC(=O)[C@@H]1CCCN1C(=O)[C@H](CC(=O)O)NC(=O)[C@H](Cc1ccc(O)cc1)NC(=O)[C@H](Cc1c[nH]c2ccccc12)NC(=O)[C@H](Cc1ccc(O)cc1)NC(=O)[C@H](C)N)[C@@H](C)O)C(=O)NCC(=O)O. The summed E-state index contributed by atoms with van der Waals surface area (Å²) in [6.45, 7) is 16.1. The first-order valence-corrected chi connectivity index (χ1v) is 42.3. The molecule has 23 N–H and O–H groups in total. The molecule has 125 heavy (non-hydrogen) atoms. The van der Waals surface area contributed by atoms with Crippen LogP contribution in [0.4, 0.5) is 0 Å². The van der Waals surface area contributed by atoms with Crippen LogP contribution in [-0.2, 0) is 97.6 Å². The van der Waals surface area contributed by atoms with Crippen molar-refractivity contribution in [3.8, 4) is 11.5 Å². The Labute approximate surface area is 725 Å². The molecule has 37 heteroatoms. The number of H-pyrrole nitrogens is 2. The van der Waals surface area contributed by atoms with Gasteiger partial charge in [-0.05, 0) is 161 Å². The number of amides is 13. The number of rotatable bonds is 49. The number of carbonyl (C=O) groups excluding carboxylic acids is 13. The molecule has 0 aliphatic carbocycles.